The van der Waals surface area contributed by atoms with E-state index in [0.29, 0.717) is 17.3 Å². The van der Waals surface area contributed by atoms with E-state index in [1.54, 1.807) is 13.2 Å². The molecule has 2 aromatic rings. The summed E-state index contributed by atoms with van der Waals surface area (Å²) in [6.45, 7) is 2.00. The standard InChI is InChI=1S/C15H15NO5/c1-3-4-10-5-6-13(14(7-10)19-2)20-9-11-8-12(15(17)18)16-21-11/h3-8H,9H2,1-2H3,(H,17,18). The molecule has 0 saturated heterocycles. The fourth-order valence-electron chi connectivity index (χ4n) is 1.73. The minimum absolute atomic E-state index is 0.0691. The van der Waals surface area contributed by atoms with Gasteiger partial charge in [-0.3, -0.25) is 0 Å². The number of aromatic carboxylic acids is 1. The lowest BCUT2D eigenvalue weighted by Gasteiger charge is -2.10. The number of nitrogens with zero attached hydrogens (tertiary/aromatic N) is 1. The Morgan fingerprint density at radius 1 is 1.38 bits per heavy atom. The molecule has 2 rings (SSSR count). The van der Waals surface area contributed by atoms with Crippen LogP contribution in [0.3, 0.4) is 0 Å². The van der Waals surface area contributed by atoms with Crippen molar-refractivity contribution in [3.05, 3.63) is 47.4 Å². The molecule has 0 fully saturated rings. The average molecular weight is 289 g/mol. The van der Waals surface area contributed by atoms with E-state index in [1.165, 1.54) is 6.07 Å². The first-order valence-corrected chi connectivity index (χ1v) is 6.26. The molecule has 6 heteroatoms. The quantitative estimate of drug-likeness (QED) is 0.880. The van der Waals surface area contributed by atoms with Crippen LogP contribution in [0.15, 0.2) is 34.9 Å². The molecule has 0 radical (unpaired) electrons. The summed E-state index contributed by atoms with van der Waals surface area (Å²) in [5.41, 5.74) is 0.846. The molecule has 0 saturated carbocycles. The molecule has 110 valence electrons. The van der Waals surface area contributed by atoms with Crippen LogP contribution in [-0.4, -0.2) is 23.3 Å². The van der Waals surface area contributed by atoms with E-state index >= 15 is 0 Å². The molecule has 1 aromatic carbocycles. The third-order valence-corrected chi connectivity index (χ3v) is 2.69. The van der Waals surface area contributed by atoms with Crippen molar-refractivity contribution in [2.45, 2.75) is 13.5 Å². The maximum Gasteiger partial charge on any atom is 0.358 e. The molecule has 0 aliphatic heterocycles. The van der Waals surface area contributed by atoms with Crippen molar-refractivity contribution in [1.82, 2.24) is 5.16 Å². The highest BCUT2D eigenvalue weighted by atomic mass is 16.5. The number of carboxylic acid groups (broad SMARTS) is 1. The first kappa shape index (κ1) is 14.6. The van der Waals surface area contributed by atoms with Gasteiger partial charge in [0.15, 0.2) is 23.0 Å². The molecule has 0 aliphatic carbocycles. The maximum absolute atomic E-state index is 10.7. The summed E-state index contributed by atoms with van der Waals surface area (Å²) in [6, 6.07) is 6.84. The molecule has 1 N–H and O–H groups in total. The van der Waals surface area contributed by atoms with Gasteiger partial charge in [0.25, 0.3) is 0 Å². The van der Waals surface area contributed by atoms with Crippen LogP contribution in [-0.2, 0) is 6.61 Å². The largest absolute Gasteiger partial charge is 0.493 e. The van der Waals surface area contributed by atoms with Crippen LogP contribution < -0.4 is 9.47 Å². The van der Waals surface area contributed by atoms with Crippen LogP contribution in [0.1, 0.15) is 28.7 Å². The number of rotatable bonds is 6. The minimum Gasteiger partial charge on any atom is -0.493 e. The normalized spacial score (nSPS) is 10.8. The van der Waals surface area contributed by atoms with E-state index in [0.717, 1.165) is 5.56 Å². The van der Waals surface area contributed by atoms with Gasteiger partial charge in [0.05, 0.1) is 7.11 Å². The van der Waals surface area contributed by atoms with E-state index in [1.807, 2.05) is 31.2 Å². The Hall–Kier alpha value is -2.76. The molecule has 1 aromatic heterocycles. The average Bonchev–Trinajstić information content (AvgIpc) is 2.95. The number of carboxylic acids is 1. The molecule has 6 nitrogen and oxygen atoms in total. The van der Waals surface area contributed by atoms with Crippen molar-refractivity contribution in [1.29, 1.82) is 0 Å². The van der Waals surface area contributed by atoms with Gasteiger partial charge in [0, 0.05) is 6.07 Å². The number of aromatic nitrogens is 1. The monoisotopic (exact) mass is 289 g/mol. The highest BCUT2D eigenvalue weighted by Gasteiger charge is 2.12. The lowest BCUT2D eigenvalue weighted by molar-refractivity contribution is 0.0685. The van der Waals surface area contributed by atoms with Crippen molar-refractivity contribution >= 4 is 12.0 Å². The van der Waals surface area contributed by atoms with Crippen molar-refractivity contribution in [2.24, 2.45) is 0 Å². The summed E-state index contributed by atoms with van der Waals surface area (Å²) in [7, 11) is 1.55. The lowest BCUT2D eigenvalue weighted by atomic mass is 10.2. The van der Waals surface area contributed by atoms with Crippen LogP contribution in [0, 0.1) is 0 Å². The van der Waals surface area contributed by atoms with E-state index in [9.17, 15) is 4.79 Å². The number of benzene rings is 1. The third kappa shape index (κ3) is 3.62. The number of methoxy groups -OCH3 is 1. The van der Waals surface area contributed by atoms with E-state index in [4.69, 9.17) is 19.1 Å². The first-order valence-electron chi connectivity index (χ1n) is 6.26. The van der Waals surface area contributed by atoms with Gasteiger partial charge < -0.3 is 19.1 Å². The minimum atomic E-state index is -1.14. The molecule has 0 amide bonds. The second-order valence-corrected chi connectivity index (χ2v) is 4.18. The van der Waals surface area contributed by atoms with Gasteiger partial charge in [-0.25, -0.2) is 4.79 Å². The van der Waals surface area contributed by atoms with Gasteiger partial charge in [0.2, 0.25) is 0 Å². The summed E-state index contributed by atoms with van der Waals surface area (Å²) in [6.07, 6.45) is 3.87. The zero-order chi connectivity index (χ0) is 15.2. The summed E-state index contributed by atoms with van der Waals surface area (Å²) >= 11 is 0. The second kappa shape index (κ2) is 6.60. The highest BCUT2D eigenvalue weighted by molar-refractivity contribution is 5.85. The highest BCUT2D eigenvalue weighted by Crippen LogP contribution is 2.29. The smallest absolute Gasteiger partial charge is 0.358 e. The maximum atomic E-state index is 10.7. The topological polar surface area (TPSA) is 81.8 Å². The Kier molecular flexibility index (Phi) is 4.61. The molecule has 0 unspecified atom stereocenters. The van der Waals surface area contributed by atoms with E-state index in [2.05, 4.69) is 5.16 Å². The van der Waals surface area contributed by atoms with Crippen LogP contribution in [0.25, 0.3) is 6.08 Å². The van der Waals surface area contributed by atoms with Gasteiger partial charge >= 0.3 is 5.97 Å². The molecule has 21 heavy (non-hydrogen) atoms. The first-order chi connectivity index (χ1) is 10.1. The zero-order valence-electron chi connectivity index (χ0n) is 11.7. The van der Waals surface area contributed by atoms with Crippen LogP contribution >= 0.6 is 0 Å². The summed E-state index contributed by atoms with van der Waals surface area (Å²) in [5, 5.41) is 12.2. The number of ether oxygens (including phenoxy) is 2. The zero-order valence-corrected chi connectivity index (χ0v) is 11.7. The summed E-state index contributed by atoms with van der Waals surface area (Å²) in [5.74, 6) is 0.313. The summed E-state index contributed by atoms with van der Waals surface area (Å²) < 4.78 is 15.7. The van der Waals surface area contributed by atoms with Crippen LogP contribution in [0.2, 0.25) is 0 Å². The predicted octanol–water partition coefficient (Wildman–Crippen LogP) is 2.99. The Balaban J connectivity index is 2.09. The molecule has 0 spiro atoms. The Morgan fingerprint density at radius 3 is 2.81 bits per heavy atom. The van der Waals surface area contributed by atoms with Crippen molar-refractivity contribution < 1.29 is 23.9 Å². The van der Waals surface area contributed by atoms with Crippen molar-refractivity contribution in [2.75, 3.05) is 7.11 Å². The molecular formula is C15H15NO5. The number of carbonyl (C=O) groups is 1. The molecule has 0 bridgehead atoms. The van der Waals surface area contributed by atoms with Gasteiger partial charge in [0.1, 0.15) is 6.61 Å². The fourth-order valence-corrected chi connectivity index (χ4v) is 1.73. The van der Waals surface area contributed by atoms with Gasteiger partial charge in [-0.15, -0.1) is 0 Å². The van der Waals surface area contributed by atoms with Crippen molar-refractivity contribution in [3.8, 4) is 11.5 Å². The number of hydrogen-bond acceptors (Lipinski definition) is 5. The Labute approximate surface area is 121 Å². The molecule has 1 heterocycles. The third-order valence-electron chi connectivity index (χ3n) is 2.69. The van der Waals surface area contributed by atoms with Gasteiger partial charge in [-0.1, -0.05) is 23.4 Å². The van der Waals surface area contributed by atoms with E-state index < -0.39 is 5.97 Å². The fraction of sp³-hybridized carbons (Fsp3) is 0.200. The number of hydrogen-bond donors (Lipinski definition) is 1. The summed E-state index contributed by atoms with van der Waals surface area (Å²) in [4.78, 5) is 10.7. The lowest BCUT2D eigenvalue weighted by Crippen LogP contribution is -1.97. The Bertz CT molecular complexity index is 660. The number of allylic oxidation sites excluding steroid dienone is 1. The van der Waals surface area contributed by atoms with Gasteiger partial charge in [-0.05, 0) is 24.6 Å². The SMILES string of the molecule is CC=Cc1ccc(OCc2cc(C(=O)O)no2)c(OC)c1. The Morgan fingerprint density at radius 2 is 2.19 bits per heavy atom. The molecular weight excluding hydrogens is 274 g/mol. The second-order valence-electron chi connectivity index (χ2n) is 4.18. The van der Waals surface area contributed by atoms with Crippen LogP contribution in [0.5, 0.6) is 11.5 Å². The molecule has 0 aliphatic rings. The predicted molar refractivity (Wildman–Crippen MR) is 75.5 cm³/mol. The van der Waals surface area contributed by atoms with Crippen molar-refractivity contribution in [3.63, 3.8) is 0 Å². The van der Waals surface area contributed by atoms with Gasteiger partial charge in [-0.2, -0.15) is 0 Å². The molecule has 0 atom stereocenters. The van der Waals surface area contributed by atoms with Crippen LogP contribution in [0.4, 0.5) is 0 Å². The van der Waals surface area contributed by atoms with E-state index in [-0.39, 0.29) is 12.3 Å².